The third kappa shape index (κ3) is 8.55. The van der Waals surface area contributed by atoms with Crippen molar-refractivity contribution in [2.45, 2.75) is 76.9 Å². The molecular weight excluding hydrogens is 518 g/mol. The van der Waals surface area contributed by atoms with Crippen molar-refractivity contribution in [2.24, 2.45) is 11.8 Å². The minimum Gasteiger partial charge on any atom is -0.453 e. The molecule has 9 nitrogen and oxygen atoms in total. The van der Waals surface area contributed by atoms with Crippen LogP contribution in [0.2, 0.25) is 0 Å². The molecule has 222 valence electrons. The van der Waals surface area contributed by atoms with Gasteiger partial charge in [-0.3, -0.25) is 19.9 Å². The van der Waals surface area contributed by atoms with Crippen molar-refractivity contribution in [1.29, 1.82) is 5.41 Å². The Balaban J connectivity index is 1.65. The van der Waals surface area contributed by atoms with E-state index in [1.54, 1.807) is 0 Å². The van der Waals surface area contributed by atoms with Crippen molar-refractivity contribution in [1.82, 2.24) is 20.9 Å². The number of nitrogens with one attached hydrogen (secondary N) is 4. The molecule has 1 aromatic carbocycles. The monoisotopic (exact) mass is 563 g/mol. The summed E-state index contributed by atoms with van der Waals surface area (Å²) in [6.07, 6.45) is 11.0. The zero-order valence-corrected chi connectivity index (χ0v) is 24.7. The Morgan fingerprint density at radius 1 is 1.22 bits per heavy atom. The molecule has 4 N–H and O–H groups in total. The Morgan fingerprint density at radius 3 is 2.54 bits per heavy atom. The van der Waals surface area contributed by atoms with Gasteiger partial charge < -0.3 is 20.7 Å². The van der Waals surface area contributed by atoms with Gasteiger partial charge in [-0.2, -0.15) is 0 Å². The number of ether oxygens (including phenoxy) is 1. The van der Waals surface area contributed by atoms with E-state index in [2.05, 4.69) is 36.4 Å². The second-order valence-electron chi connectivity index (χ2n) is 11.3. The molecule has 1 aromatic rings. The number of amides is 3. The number of carbonyl (C=O) groups excluding carboxylic acids is 3. The van der Waals surface area contributed by atoms with Gasteiger partial charge in [0.15, 0.2) is 5.96 Å². The Labute approximate surface area is 244 Å². The van der Waals surface area contributed by atoms with E-state index >= 15 is 0 Å². The van der Waals surface area contributed by atoms with Crippen LogP contribution in [0.1, 0.15) is 58.4 Å². The molecule has 1 saturated carbocycles. The van der Waals surface area contributed by atoms with Gasteiger partial charge in [0, 0.05) is 19.0 Å². The molecule has 41 heavy (non-hydrogen) atoms. The number of guanidine groups is 1. The Morgan fingerprint density at radius 2 is 1.93 bits per heavy atom. The molecule has 0 bridgehead atoms. The fourth-order valence-electron chi connectivity index (χ4n) is 5.33. The van der Waals surface area contributed by atoms with E-state index < -0.39 is 17.7 Å². The fraction of sp³-hybridized carbons (Fsp3) is 0.500. The van der Waals surface area contributed by atoms with Crippen LogP contribution in [0.25, 0.3) is 0 Å². The molecule has 1 aliphatic heterocycles. The minimum absolute atomic E-state index is 0.0773. The van der Waals surface area contributed by atoms with Gasteiger partial charge in [0.05, 0.1) is 7.11 Å². The lowest BCUT2D eigenvalue weighted by Crippen LogP contribution is -2.51. The summed E-state index contributed by atoms with van der Waals surface area (Å²) >= 11 is 0. The van der Waals surface area contributed by atoms with Crippen LogP contribution in [0.3, 0.4) is 0 Å². The van der Waals surface area contributed by atoms with Gasteiger partial charge >= 0.3 is 6.09 Å². The molecule has 0 aromatic heterocycles. The van der Waals surface area contributed by atoms with Crippen molar-refractivity contribution in [3.8, 4) is 0 Å². The average molecular weight is 564 g/mol. The maximum atomic E-state index is 13.7. The van der Waals surface area contributed by atoms with Gasteiger partial charge in [-0.05, 0) is 62.0 Å². The number of hydrogen-bond acceptors (Lipinski definition) is 5. The Bertz CT molecular complexity index is 1160. The first-order chi connectivity index (χ1) is 19.6. The second kappa shape index (κ2) is 14.7. The lowest BCUT2D eigenvalue weighted by Gasteiger charge is -2.30. The first-order valence-corrected chi connectivity index (χ1v) is 14.5. The summed E-state index contributed by atoms with van der Waals surface area (Å²) in [5.41, 5.74) is 0.516. The number of rotatable bonds is 15. The quantitative estimate of drug-likeness (QED) is 0.235. The highest BCUT2D eigenvalue weighted by Gasteiger charge is 2.50. The highest BCUT2D eigenvalue weighted by Crippen LogP contribution is 2.35. The van der Waals surface area contributed by atoms with Crippen LogP contribution >= 0.6 is 0 Å². The Kier molecular flexibility index (Phi) is 11.3. The van der Waals surface area contributed by atoms with E-state index in [1.165, 1.54) is 12.0 Å². The lowest BCUT2D eigenvalue weighted by atomic mass is 9.82. The highest BCUT2D eigenvalue weighted by molar-refractivity contribution is 6.10. The van der Waals surface area contributed by atoms with Crippen LogP contribution in [0.15, 0.2) is 66.8 Å². The zero-order chi connectivity index (χ0) is 30.0. The molecule has 1 saturated heterocycles. The van der Waals surface area contributed by atoms with Crippen LogP contribution in [0.5, 0.6) is 0 Å². The topological polar surface area (TPSA) is 124 Å². The molecule has 3 rings (SSSR count). The van der Waals surface area contributed by atoms with E-state index in [-0.39, 0.29) is 29.7 Å². The summed E-state index contributed by atoms with van der Waals surface area (Å²) < 4.78 is 4.75. The Hall–Kier alpha value is -3.88. The van der Waals surface area contributed by atoms with Crippen molar-refractivity contribution >= 4 is 23.9 Å². The van der Waals surface area contributed by atoms with Crippen LogP contribution in [0.4, 0.5) is 4.79 Å². The van der Waals surface area contributed by atoms with E-state index in [1.807, 2.05) is 61.6 Å². The number of allylic oxidation sites excluding steroid dienone is 3. The maximum absolute atomic E-state index is 13.7. The third-order valence-electron chi connectivity index (χ3n) is 7.57. The van der Waals surface area contributed by atoms with Crippen LogP contribution in [-0.4, -0.2) is 60.0 Å². The summed E-state index contributed by atoms with van der Waals surface area (Å²) in [5, 5.41) is 17.6. The summed E-state index contributed by atoms with van der Waals surface area (Å²) in [4.78, 5) is 40.5. The van der Waals surface area contributed by atoms with E-state index in [9.17, 15) is 14.4 Å². The number of methoxy groups -OCH3 is 1. The fourth-order valence-corrected chi connectivity index (χ4v) is 5.33. The van der Waals surface area contributed by atoms with E-state index in [0.717, 1.165) is 18.4 Å². The summed E-state index contributed by atoms with van der Waals surface area (Å²) in [7, 11) is 1.27. The molecule has 1 aliphatic carbocycles. The third-order valence-corrected chi connectivity index (χ3v) is 7.57. The number of alkyl carbamates (subject to hydrolysis) is 1. The first-order valence-electron chi connectivity index (χ1n) is 14.5. The SMILES string of the molecule is C=C(/C=C\C=C/C)[C@@]1(CC(C)C)NC(=N)N(CCC[C@@H](NC(=O)[C@H](Cc2ccccc2)NC(=O)OC)C2CC2)C1=O. The standard InChI is InChI=1S/C32H45N5O4/c1-6-7-9-13-23(4)32(21-22(2)3)29(39)37(30(33)36-32)19-12-16-26(25-17-18-25)34-28(38)27(35-31(40)41-5)20-24-14-10-8-11-15-24/h6-11,13-15,22,25-27H,4,12,16-21H2,1-3,5H3,(H2,33,36)(H,34,38)(H,35,40)/b7-6-,13-9-/t26-,27+,32-/m1/s1. The lowest BCUT2D eigenvalue weighted by molar-refractivity contribution is -0.130. The predicted molar refractivity (Wildman–Crippen MR) is 161 cm³/mol. The van der Waals surface area contributed by atoms with Gasteiger partial charge in [-0.15, -0.1) is 0 Å². The van der Waals surface area contributed by atoms with Gasteiger partial charge in [-0.1, -0.05) is 75.1 Å². The molecule has 0 unspecified atom stereocenters. The highest BCUT2D eigenvalue weighted by atomic mass is 16.5. The van der Waals surface area contributed by atoms with Crippen LogP contribution < -0.4 is 16.0 Å². The molecule has 1 heterocycles. The molecule has 9 heteroatoms. The number of carbonyl (C=O) groups is 3. The van der Waals surface area contributed by atoms with Crippen molar-refractivity contribution in [2.75, 3.05) is 13.7 Å². The molecule has 2 aliphatic rings. The van der Waals surface area contributed by atoms with Gasteiger partial charge in [0.2, 0.25) is 5.91 Å². The average Bonchev–Trinajstić information content (AvgIpc) is 3.76. The maximum Gasteiger partial charge on any atom is 0.407 e. The van der Waals surface area contributed by atoms with Gasteiger partial charge in [-0.25, -0.2) is 4.79 Å². The largest absolute Gasteiger partial charge is 0.453 e. The zero-order valence-electron chi connectivity index (χ0n) is 24.7. The molecule has 2 fully saturated rings. The van der Waals surface area contributed by atoms with Crippen LogP contribution in [-0.2, 0) is 20.7 Å². The number of hydrogen-bond donors (Lipinski definition) is 4. The minimum atomic E-state index is -1.04. The first kappa shape index (κ1) is 31.6. The van der Waals surface area contributed by atoms with Gasteiger partial charge in [0.1, 0.15) is 11.6 Å². The van der Waals surface area contributed by atoms with E-state index in [4.69, 9.17) is 10.1 Å². The summed E-state index contributed by atoms with van der Waals surface area (Å²) in [6, 6.07) is 8.66. The van der Waals surface area contributed by atoms with Crippen LogP contribution in [0, 0.1) is 17.2 Å². The second-order valence-corrected chi connectivity index (χ2v) is 11.3. The normalized spacial score (nSPS) is 20.4. The predicted octanol–water partition coefficient (Wildman–Crippen LogP) is 4.47. The molecule has 3 atom stereocenters. The van der Waals surface area contributed by atoms with Crippen molar-refractivity contribution in [3.63, 3.8) is 0 Å². The molecule has 0 spiro atoms. The van der Waals surface area contributed by atoms with E-state index in [0.29, 0.717) is 43.7 Å². The molecule has 0 radical (unpaired) electrons. The van der Waals surface area contributed by atoms with Crippen molar-refractivity contribution in [3.05, 3.63) is 72.4 Å². The molecule has 3 amide bonds. The van der Waals surface area contributed by atoms with Crippen molar-refractivity contribution < 1.29 is 19.1 Å². The molecular formula is C32H45N5O4. The summed E-state index contributed by atoms with van der Waals surface area (Å²) in [6.45, 7) is 10.6. The smallest absolute Gasteiger partial charge is 0.407 e. The summed E-state index contributed by atoms with van der Waals surface area (Å²) in [5.74, 6) is 0.223. The number of benzene rings is 1. The number of nitrogens with zero attached hydrogens (tertiary/aromatic N) is 1. The van der Waals surface area contributed by atoms with Gasteiger partial charge in [0.25, 0.3) is 5.91 Å².